The number of nitrogens with one attached hydrogen (secondary N) is 1. The van der Waals surface area contributed by atoms with E-state index in [0.717, 1.165) is 19.4 Å². The average molecular weight is 211 g/mol. The summed E-state index contributed by atoms with van der Waals surface area (Å²) >= 11 is 1.94. The highest BCUT2D eigenvalue weighted by atomic mass is 32.1. The molecular weight excluding hydrogens is 190 g/mol. The maximum Gasteiger partial charge on any atom is 0.00966 e. The molecule has 80 valence electrons. The lowest BCUT2D eigenvalue weighted by Crippen LogP contribution is -2.36. The van der Waals surface area contributed by atoms with Crippen molar-refractivity contribution in [3.05, 3.63) is 21.9 Å². The second-order valence-electron chi connectivity index (χ2n) is 4.65. The summed E-state index contributed by atoms with van der Waals surface area (Å²) < 4.78 is 0. The van der Waals surface area contributed by atoms with Crippen LogP contribution in [0.25, 0.3) is 0 Å². The van der Waals surface area contributed by atoms with Gasteiger partial charge in [-0.25, -0.2) is 0 Å². The van der Waals surface area contributed by atoms with Crippen LogP contribution in [0.3, 0.4) is 0 Å². The first kappa shape index (κ1) is 11.7. The quantitative estimate of drug-likeness (QED) is 0.806. The standard InChI is InChI=1S/C12H21NS/c1-5-10-6-7-11(14-10)8-9-13-12(2,3)4/h6-7,13H,5,8-9H2,1-4H3. The highest BCUT2D eigenvalue weighted by Crippen LogP contribution is 2.17. The van der Waals surface area contributed by atoms with Gasteiger partial charge in [0.25, 0.3) is 0 Å². The third-order valence-electron chi connectivity index (χ3n) is 2.09. The highest BCUT2D eigenvalue weighted by Gasteiger charge is 2.07. The van der Waals surface area contributed by atoms with Crippen LogP contribution >= 0.6 is 11.3 Å². The van der Waals surface area contributed by atoms with Crippen LogP contribution < -0.4 is 5.32 Å². The Balaban J connectivity index is 2.31. The van der Waals surface area contributed by atoms with E-state index in [1.54, 1.807) is 0 Å². The summed E-state index contributed by atoms with van der Waals surface area (Å²) in [5, 5.41) is 3.50. The van der Waals surface area contributed by atoms with Crippen molar-refractivity contribution in [1.82, 2.24) is 5.32 Å². The van der Waals surface area contributed by atoms with E-state index in [1.807, 2.05) is 11.3 Å². The molecule has 1 aromatic heterocycles. The third-order valence-corrected chi connectivity index (χ3v) is 3.38. The van der Waals surface area contributed by atoms with Gasteiger partial charge in [-0.3, -0.25) is 0 Å². The first-order valence-corrected chi connectivity index (χ1v) is 6.15. The van der Waals surface area contributed by atoms with Crippen LogP contribution in [0.1, 0.15) is 37.4 Å². The van der Waals surface area contributed by atoms with Crippen molar-refractivity contribution in [3.63, 3.8) is 0 Å². The van der Waals surface area contributed by atoms with Gasteiger partial charge in [0.2, 0.25) is 0 Å². The van der Waals surface area contributed by atoms with Crippen molar-refractivity contribution in [2.24, 2.45) is 0 Å². The molecule has 0 spiro atoms. The maximum atomic E-state index is 3.50. The van der Waals surface area contributed by atoms with Crippen LogP contribution in [0.5, 0.6) is 0 Å². The summed E-state index contributed by atoms with van der Waals surface area (Å²) in [7, 11) is 0. The number of aryl methyl sites for hydroxylation is 1. The zero-order valence-corrected chi connectivity index (χ0v) is 10.5. The molecule has 1 N–H and O–H groups in total. The molecule has 0 aliphatic heterocycles. The van der Waals surface area contributed by atoms with Crippen LogP contribution in [-0.2, 0) is 12.8 Å². The van der Waals surface area contributed by atoms with Crippen LogP contribution in [0.2, 0.25) is 0 Å². The van der Waals surface area contributed by atoms with Crippen molar-refractivity contribution in [2.45, 2.75) is 46.1 Å². The third kappa shape index (κ3) is 4.25. The summed E-state index contributed by atoms with van der Waals surface area (Å²) in [6, 6.07) is 4.50. The zero-order chi connectivity index (χ0) is 10.6. The van der Waals surface area contributed by atoms with Crippen molar-refractivity contribution in [3.8, 4) is 0 Å². The van der Waals surface area contributed by atoms with Gasteiger partial charge in [-0.15, -0.1) is 11.3 Å². The molecule has 0 amide bonds. The van der Waals surface area contributed by atoms with Crippen LogP contribution in [-0.4, -0.2) is 12.1 Å². The van der Waals surface area contributed by atoms with Crippen molar-refractivity contribution < 1.29 is 0 Å². The average Bonchev–Trinajstić information content (AvgIpc) is 2.50. The molecule has 1 rings (SSSR count). The lowest BCUT2D eigenvalue weighted by atomic mass is 10.1. The molecule has 0 aliphatic carbocycles. The Morgan fingerprint density at radius 3 is 2.36 bits per heavy atom. The Morgan fingerprint density at radius 1 is 1.21 bits per heavy atom. The fourth-order valence-electron chi connectivity index (χ4n) is 1.31. The summed E-state index contributed by atoms with van der Waals surface area (Å²) in [6.07, 6.45) is 2.32. The molecule has 0 unspecified atom stereocenters. The van der Waals surface area contributed by atoms with E-state index in [-0.39, 0.29) is 5.54 Å². The van der Waals surface area contributed by atoms with Crippen LogP contribution in [0.15, 0.2) is 12.1 Å². The Hall–Kier alpha value is -0.340. The maximum absolute atomic E-state index is 3.50. The lowest BCUT2D eigenvalue weighted by molar-refractivity contribution is 0.430. The first-order chi connectivity index (χ1) is 6.51. The molecule has 2 heteroatoms. The van der Waals surface area contributed by atoms with E-state index in [4.69, 9.17) is 0 Å². The van der Waals surface area contributed by atoms with Crippen molar-refractivity contribution in [2.75, 3.05) is 6.54 Å². The van der Waals surface area contributed by atoms with Gasteiger partial charge in [0, 0.05) is 21.8 Å². The van der Waals surface area contributed by atoms with Gasteiger partial charge in [0.05, 0.1) is 0 Å². The fourth-order valence-corrected chi connectivity index (χ4v) is 2.26. The molecular formula is C12H21NS. The summed E-state index contributed by atoms with van der Waals surface area (Å²) in [4.78, 5) is 2.99. The SMILES string of the molecule is CCc1ccc(CCNC(C)(C)C)s1. The molecule has 0 aliphatic rings. The molecule has 1 nitrogen and oxygen atoms in total. The van der Waals surface area contributed by atoms with Crippen LogP contribution in [0, 0.1) is 0 Å². The van der Waals surface area contributed by atoms with Gasteiger partial charge in [-0.2, -0.15) is 0 Å². The second kappa shape index (κ2) is 4.94. The summed E-state index contributed by atoms with van der Waals surface area (Å²) in [5.74, 6) is 0. The number of hydrogen-bond donors (Lipinski definition) is 1. The highest BCUT2D eigenvalue weighted by molar-refractivity contribution is 7.11. The topological polar surface area (TPSA) is 12.0 Å². The smallest absolute Gasteiger partial charge is 0.00966 e. The minimum Gasteiger partial charge on any atom is -0.312 e. The van der Waals surface area contributed by atoms with Gasteiger partial charge in [0.15, 0.2) is 0 Å². The number of rotatable bonds is 4. The van der Waals surface area contributed by atoms with E-state index < -0.39 is 0 Å². The zero-order valence-electron chi connectivity index (χ0n) is 9.68. The van der Waals surface area contributed by atoms with Gasteiger partial charge >= 0.3 is 0 Å². The predicted octanol–water partition coefficient (Wildman–Crippen LogP) is 3.24. The van der Waals surface area contributed by atoms with E-state index in [9.17, 15) is 0 Å². The molecule has 0 fully saturated rings. The fraction of sp³-hybridized carbons (Fsp3) is 0.667. The van der Waals surface area contributed by atoms with Gasteiger partial charge < -0.3 is 5.32 Å². The van der Waals surface area contributed by atoms with Gasteiger partial charge in [0.1, 0.15) is 0 Å². The molecule has 0 saturated carbocycles. The minimum atomic E-state index is 0.241. The lowest BCUT2D eigenvalue weighted by Gasteiger charge is -2.20. The minimum absolute atomic E-state index is 0.241. The number of hydrogen-bond acceptors (Lipinski definition) is 2. The van der Waals surface area contributed by atoms with Gasteiger partial charge in [-0.05, 0) is 45.7 Å². The number of thiophene rings is 1. The Kier molecular flexibility index (Phi) is 4.14. The molecule has 1 heterocycles. The molecule has 0 aromatic carbocycles. The predicted molar refractivity (Wildman–Crippen MR) is 65.2 cm³/mol. The Labute approximate surface area is 91.5 Å². The van der Waals surface area contributed by atoms with Gasteiger partial charge in [-0.1, -0.05) is 6.92 Å². The van der Waals surface area contributed by atoms with E-state index in [2.05, 4.69) is 45.1 Å². The Morgan fingerprint density at radius 2 is 1.86 bits per heavy atom. The van der Waals surface area contributed by atoms with Crippen molar-refractivity contribution in [1.29, 1.82) is 0 Å². The normalized spacial score (nSPS) is 12.0. The molecule has 0 saturated heterocycles. The second-order valence-corrected chi connectivity index (χ2v) is 5.90. The van der Waals surface area contributed by atoms with E-state index in [1.165, 1.54) is 9.75 Å². The molecule has 1 aromatic rings. The van der Waals surface area contributed by atoms with Crippen LogP contribution in [0.4, 0.5) is 0 Å². The molecule has 0 bridgehead atoms. The Bertz CT molecular complexity index is 270. The molecule has 0 atom stereocenters. The van der Waals surface area contributed by atoms with E-state index in [0.29, 0.717) is 0 Å². The largest absolute Gasteiger partial charge is 0.312 e. The van der Waals surface area contributed by atoms with Crippen molar-refractivity contribution >= 4 is 11.3 Å². The monoisotopic (exact) mass is 211 g/mol. The molecule has 14 heavy (non-hydrogen) atoms. The van der Waals surface area contributed by atoms with E-state index >= 15 is 0 Å². The summed E-state index contributed by atoms with van der Waals surface area (Å²) in [5.41, 5.74) is 0.241. The summed E-state index contributed by atoms with van der Waals surface area (Å²) in [6.45, 7) is 9.91. The first-order valence-electron chi connectivity index (χ1n) is 5.34. The molecule has 0 radical (unpaired) electrons.